The van der Waals surface area contributed by atoms with Crippen molar-refractivity contribution in [3.63, 3.8) is 0 Å². The van der Waals surface area contributed by atoms with Gasteiger partial charge in [0.25, 0.3) is 5.91 Å². The molecular formula is C18H15N5OS. The largest absolute Gasteiger partial charge is 0.336 e. The van der Waals surface area contributed by atoms with Crippen molar-refractivity contribution in [3.8, 4) is 0 Å². The van der Waals surface area contributed by atoms with Crippen molar-refractivity contribution >= 4 is 39.7 Å². The Labute approximate surface area is 148 Å². The van der Waals surface area contributed by atoms with Crippen LogP contribution in [0.25, 0.3) is 22.1 Å². The number of hydrogen-bond acceptors (Lipinski definition) is 5. The van der Waals surface area contributed by atoms with E-state index in [0.717, 1.165) is 35.0 Å². The van der Waals surface area contributed by atoms with Gasteiger partial charge >= 0.3 is 0 Å². The van der Waals surface area contributed by atoms with Crippen LogP contribution in [0.2, 0.25) is 0 Å². The zero-order valence-corrected chi connectivity index (χ0v) is 14.2. The first kappa shape index (κ1) is 14.5. The predicted molar refractivity (Wildman–Crippen MR) is 96.7 cm³/mol. The Kier molecular flexibility index (Phi) is 3.27. The lowest BCUT2D eigenvalue weighted by atomic mass is 10.2. The van der Waals surface area contributed by atoms with E-state index in [9.17, 15) is 4.79 Å². The molecule has 0 N–H and O–H groups in total. The van der Waals surface area contributed by atoms with E-state index in [1.807, 2.05) is 47.6 Å². The molecule has 1 saturated heterocycles. The van der Waals surface area contributed by atoms with Crippen LogP contribution in [0.5, 0.6) is 0 Å². The number of benzene rings is 2. The SMILES string of the molecule is O=C(c1ccc2nsnc2c1)N1CC[C@H](n2cnc3ccccc32)C1. The molecular weight excluding hydrogens is 334 g/mol. The van der Waals surface area contributed by atoms with Crippen LogP contribution in [0.1, 0.15) is 22.8 Å². The van der Waals surface area contributed by atoms with Crippen molar-refractivity contribution < 1.29 is 4.79 Å². The monoisotopic (exact) mass is 349 g/mol. The summed E-state index contributed by atoms with van der Waals surface area (Å²) < 4.78 is 10.6. The van der Waals surface area contributed by atoms with Crippen LogP contribution in [-0.2, 0) is 0 Å². The molecule has 0 radical (unpaired) electrons. The summed E-state index contributed by atoms with van der Waals surface area (Å²) in [6, 6.07) is 13.9. The third kappa shape index (κ3) is 2.39. The van der Waals surface area contributed by atoms with Gasteiger partial charge in [0.05, 0.1) is 35.1 Å². The number of fused-ring (bicyclic) bond motifs is 2. The van der Waals surface area contributed by atoms with Crippen molar-refractivity contribution in [2.45, 2.75) is 12.5 Å². The molecule has 1 aliphatic rings. The molecule has 25 heavy (non-hydrogen) atoms. The van der Waals surface area contributed by atoms with Crippen molar-refractivity contribution in [2.24, 2.45) is 0 Å². The van der Waals surface area contributed by atoms with Crippen LogP contribution >= 0.6 is 11.7 Å². The van der Waals surface area contributed by atoms with Gasteiger partial charge in [-0.2, -0.15) is 8.75 Å². The molecule has 3 heterocycles. The number of nitrogens with zero attached hydrogens (tertiary/aromatic N) is 5. The average molecular weight is 349 g/mol. The second kappa shape index (κ2) is 5.63. The Morgan fingerprint density at radius 1 is 1.08 bits per heavy atom. The predicted octanol–water partition coefficient (Wildman–Crippen LogP) is 3.13. The Hall–Kier alpha value is -2.80. The Balaban J connectivity index is 1.40. The maximum absolute atomic E-state index is 12.8. The van der Waals surface area contributed by atoms with Crippen LogP contribution in [0.4, 0.5) is 0 Å². The number of hydrogen-bond donors (Lipinski definition) is 0. The van der Waals surface area contributed by atoms with E-state index in [1.165, 1.54) is 11.7 Å². The topological polar surface area (TPSA) is 63.9 Å². The minimum absolute atomic E-state index is 0.0572. The number of likely N-dealkylation sites (tertiary alicyclic amines) is 1. The van der Waals surface area contributed by atoms with Crippen molar-refractivity contribution in [2.75, 3.05) is 13.1 Å². The number of imidazole rings is 1. The molecule has 1 amide bonds. The summed E-state index contributed by atoms with van der Waals surface area (Å²) in [6.07, 6.45) is 2.82. The van der Waals surface area contributed by atoms with Gasteiger partial charge in [-0.05, 0) is 36.8 Å². The molecule has 6 nitrogen and oxygen atoms in total. The zero-order chi connectivity index (χ0) is 16.8. The fourth-order valence-corrected chi connectivity index (χ4v) is 4.04. The lowest BCUT2D eigenvalue weighted by Crippen LogP contribution is -2.29. The summed E-state index contributed by atoms with van der Waals surface area (Å²) in [7, 11) is 0. The summed E-state index contributed by atoms with van der Waals surface area (Å²) in [5, 5.41) is 0. The zero-order valence-electron chi connectivity index (χ0n) is 13.4. The fraction of sp³-hybridized carbons (Fsp3) is 0.222. The molecule has 0 saturated carbocycles. The van der Waals surface area contributed by atoms with E-state index in [2.05, 4.69) is 24.4 Å². The lowest BCUT2D eigenvalue weighted by molar-refractivity contribution is 0.0788. The van der Waals surface area contributed by atoms with Gasteiger partial charge in [-0.1, -0.05) is 12.1 Å². The number of carbonyl (C=O) groups excluding carboxylic acids is 1. The molecule has 2 aromatic carbocycles. The van der Waals surface area contributed by atoms with Crippen LogP contribution in [-0.4, -0.2) is 42.2 Å². The van der Waals surface area contributed by atoms with Gasteiger partial charge in [-0.25, -0.2) is 4.98 Å². The highest BCUT2D eigenvalue weighted by atomic mass is 32.1. The third-order valence-corrected chi connectivity index (χ3v) is 5.38. The van der Waals surface area contributed by atoms with Crippen LogP contribution in [0.15, 0.2) is 48.8 Å². The normalized spacial score (nSPS) is 17.6. The van der Waals surface area contributed by atoms with Gasteiger partial charge < -0.3 is 9.47 Å². The molecule has 7 heteroatoms. The van der Waals surface area contributed by atoms with E-state index >= 15 is 0 Å². The van der Waals surface area contributed by atoms with E-state index in [-0.39, 0.29) is 11.9 Å². The van der Waals surface area contributed by atoms with Crippen LogP contribution in [0, 0.1) is 0 Å². The lowest BCUT2D eigenvalue weighted by Gasteiger charge is -2.17. The van der Waals surface area contributed by atoms with Gasteiger partial charge in [0.15, 0.2) is 0 Å². The first-order valence-corrected chi connectivity index (χ1v) is 8.96. The highest BCUT2D eigenvalue weighted by Crippen LogP contribution is 2.27. The molecule has 0 spiro atoms. The average Bonchev–Trinajstić information content (AvgIpc) is 3.38. The highest BCUT2D eigenvalue weighted by Gasteiger charge is 2.29. The number of aromatic nitrogens is 4. The molecule has 5 rings (SSSR count). The Morgan fingerprint density at radius 2 is 1.96 bits per heavy atom. The number of para-hydroxylation sites is 2. The molecule has 1 aliphatic heterocycles. The summed E-state index contributed by atoms with van der Waals surface area (Å²) in [5.41, 5.74) is 4.42. The molecule has 0 unspecified atom stereocenters. The van der Waals surface area contributed by atoms with Crippen LogP contribution < -0.4 is 0 Å². The first-order valence-electron chi connectivity index (χ1n) is 8.23. The Morgan fingerprint density at radius 3 is 2.92 bits per heavy atom. The smallest absolute Gasteiger partial charge is 0.254 e. The maximum Gasteiger partial charge on any atom is 0.254 e. The quantitative estimate of drug-likeness (QED) is 0.558. The molecule has 2 aromatic heterocycles. The summed E-state index contributed by atoms with van der Waals surface area (Å²) in [4.78, 5) is 19.2. The molecule has 1 fully saturated rings. The second-order valence-corrected chi connectivity index (χ2v) is 6.83. The second-order valence-electron chi connectivity index (χ2n) is 6.30. The van der Waals surface area contributed by atoms with Gasteiger partial charge in [0.2, 0.25) is 0 Å². The van der Waals surface area contributed by atoms with Crippen molar-refractivity contribution in [1.29, 1.82) is 0 Å². The van der Waals surface area contributed by atoms with Crippen molar-refractivity contribution in [3.05, 3.63) is 54.4 Å². The van der Waals surface area contributed by atoms with E-state index in [0.29, 0.717) is 12.1 Å². The minimum Gasteiger partial charge on any atom is -0.336 e. The van der Waals surface area contributed by atoms with E-state index in [4.69, 9.17) is 0 Å². The minimum atomic E-state index is 0.0572. The van der Waals surface area contributed by atoms with E-state index in [1.54, 1.807) is 0 Å². The fourth-order valence-electron chi connectivity index (χ4n) is 3.52. The van der Waals surface area contributed by atoms with Gasteiger partial charge in [-0.15, -0.1) is 0 Å². The number of carbonyl (C=O) groups is 1. The Bertz CT molecular complexity index is 1090. The van der Waals surface area contributed by atoms with Gasteiger partial charge in [0.1, 0.15) is 11.0 Å². The highest BCUT2D eigenvalue weighted by molar-refractivity contribution is 7.00. The molecule has 1 atom stereocenters. The summed E-state index contributed by atoms with van der Waals surface area (Å²) >= 11 is 1.17. The first-order chi connectivity index (χ1) is 12.3. The van der Waals surface area contributed by atoms with Crippen molar-refractivity contribution in [1.82, 2.24) is 23.2 Å². The molecule has 124 valence electrons. The third-order valence-electron chi connectivity index (χ3n) is 4.83. The summed E-state index contributed by atoms with van der Waals surface area (Å²) in [5.74, 6) is 0.0572. The summed E-state index contributed by atoms with van der Waals surface area (Å²) in [6.45, 7) is 1.45. The molecule has 0 aliphatic carbocycles. The molecule has 4 aromatic rings. The van der Waals surface area contributed by atoms with E-state index < -0.39 is 0 Å². The van der Waals surface area contributed by atoms with Crippen LogP contribution in [0.3, 0.4) is 0 Å². The maximum atomic E-state index is 12.8. The number of rotatable bonds is 2. The van der Waals surface area contributed by atoms with Gasteiger partial charge in [-0.3, -0.25) is 4.79 Å². The number of amides is 1. The molecule has 0 bridgehead atoms. The standard InChI is InChI=1S/C18H15N5OS/c24-18(12-5-6-14-16(9-12)21-25-20-14)22-8-7-13(10-22)23-11-19-15-3-1-2-4-17(15)23/h1-6,9,11,13H,7-8,10H2/t13-/m0/s1. The van der Waals surface area contributed by atoms with Gasteiger partial charge in [0, 0.05) is 18.7 Å².